The number of aromatic amines is 1. The third-order valence-electron chi connectivity index (χ3n) is 4.72. The molecule has 0 unspecified atom stereocenters. The summed E-state index contributed by atoms with van der Waals surface area (Å²) in [5.74, 6) is -0.0239. The highest BCUT2D eigenvalue weighted by Crippen LogP contribution is 2.27. The van der Waals surface area contributed by atoms with Crippen molar-refractivity contribution >= 4 is 5.91 Å². The molecule has 0 saturated heterocycles. The van der Waals surface area contributed by atoms with Crippen molar-refractivity contribution in [3.63, 3.8) is 0 Å². The lowest BCUT2D eigenvalue weighted by atomic mass is 10.1. The van der Waals surface area contributed by atoms with E-state index in [4.69, 9.17) is 5.26 Å². The Bertz CT molecular complexity index is 1010. The molecule has 0 saturated carbocycles. The van der Waals surface area contributed by atoms with Crippen LogP contribution >= 0.6 is 0 Å². The van der Waals surface area contributed by atoms with E-state index < -0.39 is 0 Å². The molecule has 3 aromatic heterocycles. The Morgan fingerprint density at radius 3 is 2.85 bits per heavy atom. The van der Waals surface area contributed by atoms with Crippen LogP contribution in [0.2, 0.25) is 0 Å². The molecule has 134 valence electrons. The number of hydrogen-bond acceptors (Lipinski definition) is 4. The summed E-state index contributed by atoms with van der Waals surface area (Å²) in [7, 11) is 0. The average Bonchev–Trinajstić information content (AvgIpc) is 3.15. The van der Waals surface area contributed by atoms with Crippen molar-refractivity contribution in [2.45, 2.75) is 25.7 Å². The van der Waals surface area contributed by atoms with Gasteiger partial charge >= 0.3 is 0 Å². The van der Waals surface area contributed by atoms with Gasteiger partial charge in [0.1, 0.15) is 0 Å². The minimum atomic E-state index is -0.0239. The van der Waals surface area contributed by atoms with Gasteiger partial charge in [-0.15, -0.1) is 0 Å². The maximum absolute atomic E-state index is 12.0. The summed E-state index contributed by atoms with van der Waals surface area (Å²) in [5, 5.41) is 11.5. The van der Waals surface area contributed by atoms with Crippen LogP contribution in [-0.4, -0.2) is 27.4 Å². The molecule has 6 heteroatoms. The maximum atomic E-state index is 12.0. The Morgan fingerprint density at radius 1 is 1.15 bits per heavy atom. The predicted molar refractivity (Wildman–Crippen MR) is 102 cm³/mol. The van der Waals surface area contributed by atoms with Gasteiger partial charge in [0.05, 0.1) is 17.3 Å². The van der Waals surface area contributed by atoms with Gasteiger partial charge in [-0.2, -0.15) is 5.26 Å². The fourth-order valence-electron chi connectivity index (χ4n) is 3.28. The van der Waals surface area contributed by atoms with Crippen molar-refractivity contribution in [2.24, 2.45) is 0 Å². The summed E-state index contributed by atoms with van der Waals surface area (Å²) in [5.41, 5.74) is 6.36. The van der Waals surface area contributed by atoms with E-state index in [0.29, 0.717) is 13.0 Å². The number of fused-ring (bicyclic) bond motifs is 1. The van der Waals surface area contributed by atoms with Gasteiger partial charge in [-0.05, 0) is 43.2 Å². The third-order valence-corrected chi connectivity index (χ3v) is 4.72. The summed E-state index contributed by atoms with van der Waals surface area (Å²) < 4.78 is 0. The lowest BCUT2D eigenvalue weighted by Crippen LogP contribution is -2.31. The fraction of sp³-hybridized carbons (Fsp3) is 0.238. The molecule has 1 amide bonds. The normalized spacial score (nSPS) is 12.9. The fourth-order valence-corrected chi connectivity index (χ4v) is 3.28. The van der Waals surface area contributed by atoms with Gasteiger partial charge in [-0.25, -0.2) is 0 Å². The molecule has 1 aliphatic rings. The van der Waals surface area contributed by atoms with Crippen LogP contribution in [0.1, 0.15) is 34.6 Å². The summed E-state index contributed by atoms with van der Waals surface area (Å²) in [6, 6.07) is 12.0. The topological polar surface area (TPSA) is 94.5 Å². The number of pyridine rings is 2. The number of H-pyrrole nitrogens is 1. The van der Waals surface area contributed by atoms with E-state index in [-0.39, 0.29) is 5.91 Å². The van der Waals surface area contributed by atoms with E-state index in [9.17, 15) is 4.79 Å². The Balaban J connectivity index is 1.58. The Kier molecular flexibility index (Phi) is 4.67. The number of aryl methyl sites for hydroxylation is 1. The second kappa shape index (κ2) is 7.42. The first-order valence-electron chi connectivity index (χ1n) is 9.03. The second-order valence-corrected chi connectivity index (χ2v) is 6.56. The van der Waals surface area contributed by atoms with Gasteiger partial charge in [0.2, 0.25) is 0 Å². The van der Waals surface area contributed by atoms with E-state index >= 15 is 0 Å². The van der Waals surface area contributed by atoms with Gasteiger partial charge in [-0.3, -0.25) is 14.8 Å². The average molecular weight is 357 g/mol. The van der Waals surface area contributed by atoms with Crippen LogP contribution in [0.15, 0.2) is 42.7 Å². The van der Waals surface area contributed by atoms with Crippen LogP contribution < -0.4 is 5.32 Å². The summed E-state index contributed by atoms with van der Waals surface area (Å²) in [6.07, 6.45) is 6.58. The number of aromatic nitrogens is 3. The number of carbonyl (C=O) groups is 1. The molecule has 0 atom stereocenters. The molecule has 4 rings (SSSR count). The highest BCUT2D eigenvalue weighted by Gasteiger charge is 2.20. The molecule has 27 heavy (non-hydrogen) atoms. The van der Waals surface area contributed by atoms with Crippen LogP contribution in [0.5, 0.6) is 0 Å². The van der Waals surface area contributed by atoms with E-state index in [1.807, 2.05) is 36.5 Å². The summed E-state index contributed by atoms with van der Waals surface area (Å²) in [4.78, 5) is 24.3. The van der Waals surface area contributed by atoms with Crippen molar-refractivity contribution in [3.05, 3.63) is 59.7 Å². The van der Waals surface area contributed by atoms with Gasteiger partial charge in [0.25, 0.3) is 5.91 Å². The number of carbonyl (C=O) groups excluding carboxylic acids is 1. The smallest absolute Gasteiger partial charge is 0.253 e. The lowest BCUT2D eigenvalue weighted by Gasteiger charge is -2.10. The first-order valence-corrected chi connectivity index (χ1v) is 9.03. The first-order chi connectivity index (χ1) is 13.2. The molecule has 1 aliphatic heterocycles. The Morgan fingerprint density at radius 2 is 2.07 bits per heavy atom. The van der Waals surface area contributed by atoms with Crippen molar-refractivity contribution in [1.82, 2.24) is 20.3 Å². The van der Waals surface area contributed by atoms with Crippen molar-refractivity contribution in [2.75, 3.05) is 6.54 Å². The maximum Gasteiger partial charge on any atom is 0.253 e. The van der Waals surface area contributed by atoms with E-state index in [0.717, 1.165) is 58.7 Å². The molecule has 2 N–H and O–H groups in total. The van der Waals surface area contributed by atoms with Crippen LogP contribution in [0.4, 0.5) is 0 Å². The molecule has 0 spiro atoms. The van der Waals surface area contributed by atoms with Crippen LogP contribution in [-0.2, 0) is 12.8 Å². The predicted octanol–water partition coefficient (Wildman–Crippen LogP) is 3.27. The van der Waals surface area contributed by atoms with Gasteiger partial charge < -0.3 is 10.3 Å². The highest BCUT2D eigenvalue weighted by molar-refractivity contribution is 5.97. The molecule has 0 radical (unpaired) electrons. The molecule has 6 nitrogen and oxygen atoms in total. The number of amides is 1. The zero-order chi connectivity index (χ0) is 18.6. The molecule has 0 bridgehead atoms. The molecule has 0 aliphatic carbocycles. The van der Waals surface area contributed by atoms with Gasteiger partial charge in [-0.1, -0.05) is 0 Å². The molecular formula is C21H19N5O. The minimum Gasteiger partial charge on any atom is -0.358 e. The van der Waals surface area contributed by atoms with E-state index in [1.54, 1.807) is 6.20 Å². The number of nitrogens with zero attached hydrogens (tertiary/aromatic N) is 3. The number of unbranched alkanes of at least 4 members (excludes halogenated alkanes) is 1. The van der Waals surface area contributed by atoms with Crippen molar-refractivity contribution in [3.8, 4) is 28.6 Å². The number of nitrogens with one attached hydrogen (secondary N) is 2. The summed E-state index contributed by atoms with van der Waals surface area (Å²) in [6.45, 7) is 0.666. The van der Waals surface area contributed by atoms with Crippen LogP contribution in [0.3, 0.4) is 0 Å². The third kappa shape index (κ3) is 3.58. The zero-order valence-electron chi connectivity index (χ0n) is 14.8. The Labute approximate surface area is 157 Å². The molecular weight excluding hydrogens is 338 g/mol. The lowest BCUT2D eigenvalue weighted by molar-refractivity contribution is 0.0946. The van der Waals surface area contributed by atoms with Gasteiger partial charge in [0, 0.05) is 60.0 Å². The Hall–Kier alpha value is -3.46. The second-order valence-electron chi connectivity index (χ2n) is 6.56. The summed E-state index contributed by atoms with van der Waals surface area (Å²) >= 11 is 0. The van der Waals surface area contributed by atoms with E-state index in [2.05, 4.69) is 26.3 Å². The highest BCUT2D eigenvalue weighted by atomic mass is 16.1. The standard InChI is InChI=1S/C21H19N5O/c22-8-2-1-3-16-5-4-15(13-25-16)19-11-14(6-9-23-19)20-12-17-18(26-20)7-10-24-21(17)27/h4-6,9,11-13,26H,1-3,7,10H2,(H,24,27). The number of nitriles is 1. The van der Waals surface area contributed by atoms with Crippen molar-refractivity contribution in [1.29, 1.82) is 5.26 Å². The molecule has 4 heterocycles. The molecule has 0 fully saturated rings. The van der Waals surface area contributed by atoms with E-state index in [1.165, 1.54) is 0 Å². The first kappa shape index (κ1) is 17.0. The largest absolute Gasteiger partial charge is 0.358 e. The number of rotatable bonds is 5. The molecule has 0 aromatic carbocycles. The zero-order valence-corrected chi connectivity index (χ0v) is 14.8. The molecule has 3 aromatic rings. The number of hydrogen-bond donors (Lipinski definition) is 2. The quantitative estimate of drug-likeness (QED) is 0.685. The SMILES string of the molecule is N#CCCCc1ccc(-c2cc(-c3cc4c([nH]3)CCNC4=O)ccn2)cn1. The minimum absolute atomic E-state index is 0.0239. The monoisotopic (exact) mass is 357 g/mol. The van der Waals surface area contributed by atoms with Crippen molar-refractivity contribution < 1.29 is 4.79 Å². The van der Waals surface area contributed by atoms with Gasteiger partial charge in [0.15, 0.2) is 0 Å². The van der Waals surface area contributed by atoms with Crippen LogP contribution in [0.25, 0.3) is 22.5 Å². The van der Waals surface area contributed by atoms with Crippen LogP contribution in [0, 0.1) is 11.3 Å².